The van der Waals surface area contributed by atoms with Crippen LogP contribution in [0.25, 0.3) is 0 Å². The lowest BCUT2D eigenvalue weighted by Gasteiger charge is -2.31. The van der Waals surface area contributed by atoms with E-state index in [9.17, 15) is 0 Å². The van der Waals surface area contributed by atoms with E-state index >= 15 is 0 Å². The highest BCUT2D eigenvalue weighted by Gasteiger charge is 2.17. The van der Waals surface area contributed by atoms with Crippen molar-refractivity contribution in [3.05, 3.63) is 12.7 Å². The number of piperidine rings is 1. The summed E-state index contributed by atoms with van der Waals surface area (Å²) in [5, 5.41) is 3.51. The van der Waals surface area contributed by atoms with Gasteiger partial charge < -0.3 is 15.1 Å². The van der Waals surface area contributed by atoms with Gasteiger partial charge in [-0.05, 0) is 57.7 Å². The third kappa shape index (κ3) is 8.36. The van der Waals surface area contributed by atoms with Crippen molar-refractivity contribution in [3.8, 4) is 0 Å². The predicted octanol–water partition coefficient (Wildman–Crippen LogP) is 3.20. The molecule has 0 unspecified atom stereocenters. The van der Waals surface area contributed by atoms with Crippen LogP contribution >= 0.6 is 24.0 Å². The number of hydrogen-bond donors (Lipinski definition) is 1. The molecule has 1 aliphatic rings. The van der Waals surface area contributed by atoms with E-state index < -0.39 is 0 Å². The molecule has 0 aromatic carbocycles. The molecule has 1 N–H and O–H groups in total. The van der Waals surface area contributed by atoms with Crippen LogP contribution < -0.4 is 5.32 Å². The van der Waals surface area contributed by atoms with Crippen LogP contribution in [0.5, 0.6) is 0 Å². The fraction of sp³-hybridized carbons (Fsp3) is 0.824. The van der Waals surface area contributed by atoms with Gasteiger partial charge >= 0.3 is 0 Å². The number of halogens is 1. The highest BCUT2D eigenvalue weighted by Crippen LogP contribution is 2.19. The second-order valence-corrected chi connectivity index (χ2v) is 5.99. The molecule has 1 fully saturated rings. The topological polar surface area (TPSA) is 30.9 Å². The molecule has 0 radical (unpaired) electrons. The molecule has 0 saturated carbocycles. The lowest BCUT2D eigenvalue weighted by molar-refractivity contribution is 0.187. The van der Waals surface area contributed by atoms with Crippen LogP contribution in [0, 0.1) is 5.92 Å². The molecule has 0 spiro atoms. The third-order valence-corrected chi connectivity index (χ3v) is 4.47. The third-order valence-electron chi connectivity index (χ3n) is 4.47. The van der Waals surface area contributed by atoms with Crippen LogP contribution in [-0.2, 0) is 0 Å². The number of guanidine groups is 1. The SMILES string of the molecule is C=CCCCN(C)C(=NC)NCCC1CCN(CC)CC1.I. The summed E-state index contributed by atoms with van der Waals surface area (Å²) in [7, 11) is 3.98. The summed E-state index contributed by atoms with van der Waals surface area (Å²) in [6.07, 6.45) is 8.14. The zero-order valence-electron chi connectivity index (χ0n) is 14.7. The van der Waals surface area contributed by atoms with E-state index in [1.807, 2.05) is 13.1 Å². The summed E-state index contributed by atoms with van der Waals surface area (Å²) in [6.45, 7) is 11.8. The predicted molar refractivity (Wildman–Crippen MR) is 108 cm³/mol. The highest BCUT2D eigenvalue weighted by atomic mass is 127. The van der Waals surface area contributed by atoms with E-state index in [1.165, 1.54) is 38.9 Å². The molecule has 0 atom stereocenters. The second-order valence-electron chi connectivity index (χ2n) is 5.99. The zero-order chi connectivity index (χ0) is 15.5. The molecule has 22 heavy (non-hydrogen) atoms. The number of likely N-dealkylation sites (tertiary alicyclic amines) is 1. The van der Waals surface area contributed by atoms with Gasteiger partial charge in [0, 0.05) is 27.2 Å². The van der Waals surface area contributed by atoms with E-state index in [1.54, 1.807) is 0 Å². The average molecular weight is 422 g/mol. The monoisotopic (exact) mass is 422 g/mol. The van der Waals surface area contributed by atoms with Crippen molar-refractivity contribution in [1.82, 2.24) is 15.1 Å². The summed E-state index contributed by atoms with van der Waals surface area (Å²) in [5.41, 5.74) is 0. The minimum absolute atomic E-state index is 0. The van der Waals surface area contributed by atoms with Crippen LogP contribution in [0.1, 0.15) is 39.0 Å². The molecule has 4 nitrogen and oxygen atoms in total. The smallest absolute Gasteiger partial charge is 0.193 e. The maximum atomic E-state index is 4.37. The number of allylic oxidation sites excluding steroid dienone is 1. The van der Waals surface area contributed by atoms with Crippen molar-refractivity contribution in [2.45, 2.75) is 39.0 Å². The summed E-state index contributed by atoms with van der Waals surface area (Å²) < 4.78 is 0. The molecule has 5 heteroatoms. The summed E-state index contributed by atoms with van der Waals surface area (Å²) >= 11 is 0. The molecule has 0 aliphatic carbocycles. The number of nitrogens with zero attached hydrogens (tertiary/aromatic N) is 3. The largest absolute Gasteiger partial charge is 0.356 e. The maximum Gasteiger partial charge on any atom is 0.193 e. The van der Waals surface area contributed by atoms with E-state index in [2.05, 4.69) is 40.7 Å². The van der Waals surface area contributed by atoms with E-state index in [0.717, 1.165) is 37.8 Å². The van der Waals surface area contributed by atoms with E-state index in [4.69, 9.17) is 0 Å². The Morgan fingerprint density at radius 1 is 1.41 bits per heavy atom. The van der Waals surface area contributed by atoms with Crippen LogP contribution in [0.4, 0.5) is 0 Å². The maximum absolute atomic E-state index is 4.37. The Labute approximate surface area is 154 Å². The molecule has 0 aromatic heterocycles. The summed E-state index contributed by atoms with van der Waals surface area (Å²) in [5.74, 6) is 1.90. The number of nitrogens with one attached hydrogen (secondary N) is 1. The van der Waals surface area contributed by atoms with Gasteiger partial charge in [-0.2, -0.15) is 0 Å². The van der Waals surface area contributed by atoms with Crippen LogP contribution in [-0.4, -0.2) is 62.6 Å². The van der Waals surface area contributed by atoms with E-state index in [0.29, 0.717) is 0 Å². The molecule has 1 rings (SSSR count). The van der Waals surface area contributed by atoms with Gasteiger partial charge in [-0.1, -0.05) is 13.0 Å². The van der Waals surface area contributed by atoms with Gasteiger partial charge in [-0.25, -0.2) is 0 Å². The van der Waals surface area contributed by atoms with Crippen molar-refractivity contribution in [1.29, 1.82) is 0 Å². The van der Waals surface area contributed by atoms with Gasteiger partial charge in [-0.15, -0.1) is 30.6 Å². The lowest BCUT2D eigenvalue weighted by atomic mass is 9.93. The van der Waals surface area contributed by atoms with Gasteiger partial charge in [0.2, 0.25) is 0 Å². The first-order valence-corrected chi connectivity index (χ1v) is 8.46. The molecule has 1 heterocycles. The van der Waals surface area contributed by atoms with Crippen molar-refractivity contribution in [2.75, 3.05) is 46.8 Å². The van der Waals surface area contributed by atoms with Crippen molar-refractivity contribution >= 4 is 29.9 Å². The first kappa shape index (κ1) is 21.7. The molecule has 0 aromatic rings. The fourth-order valence-corrected chi connectivity index (χ4v) is 2.94. The molecule has 0 amide bonds. The van der Waals surface area contributed by atoms with Crippen molar-refractivity contribution < 1.29 is 0 Å². The van der Waals surface area contributed by atoms with Gasteiger partial charge in [0.1, 0.15) is 0 Å². The number of unbranched alkanes of at least 4 members (excludes halogenated alkanes) is 1. The van der Waals surface area contributed by atoms with Gasteiger partial charge in [0.05, 0.1) is 0 Å². The lowest BCUT2D eigenvalue weighted by Crippen LogP contribution is -2.41. The Morgan fingerprint density at radius 3 is 2.64 bits per heavy atom. The fourth-order valence-electron chi connectivity index (χ4n) is 2.94. The van der Waals surface area contributed by atoms with Gasteiger partial charge in [-0.3, -0.25) is 4.99 Å². The Hall–Kier alpha value is -0.300. The van der Waals surface area contributed by atoms with E-state index in [-0.39, 0.29) is 24.0 Å². The molecular formula is C17H35IN4. The molecular weight excluding hydrogens is 387 g/mol. The molecule has 130 valence electrons. The normalized spacial score (nSPS) is 17.0. The van der Waals surface area contributed by atoms with Crippen LogP contribution in [0.3, 0.4) is 0 Å². The quantitative estimate of drug-likeness (QED) is 0.214. The molecule has 1 aliphatic heterocycles. The zero-order valence-corrected chi connectivity index (χ0v) is 17.0. The standard InChI is InChI=1S/C17H34N4.HI/c1-5-7-8-13-20(4)17(18-3)19-12-9-16-10-14-21(6-2)15-11-16;/h5,16H,1,6-15H2,2-4H3,(H,18,19);1H. The molecule has 0 bridgehead atoms. The first-order valence-electron chi connectivity index (χ1n) is 8.46. The minimum atomic E-state index is 0. The average Bonchev–Trinajstić information content (AvgIpc) is 2.52. The minimum Gasteiger partial charge on any atom is -0.356 e. The summed E-state index contributed by atoms with van der Waals surface area (Å²) in [6, 6.07) is 0. The Morgan fingerprint density at radius 2 is 2.09 bits per heavy atom. The van der Waals surface area contributed by atoms with Crippen molar-refractivity contribution in [2.24, 2.45) is 10.9 Å². The van der Waals surface area contributed by atoms with Gasteiger partial charge in [0.25, 0.3) is 0 Å². The van der Waals surface area contributed by atoms with Gasteiger partial charge in [0.15, 0.2) is 5.96 Å². The second kappa shape index (κ2) is 13.2. The highest BCUT2D eigenvalue weighted by molar-refractivity contribution is 14.0. The Bertz CT molecular complexity index is 312. The Balaban J connectivity index is 0.00000441. The number of aliphatic imine (C=N–C) groups is 1. The van der Waals surface area contributed by atoms with Crippen molar-refractivity contribution in [3.63, 3.8) is 0 Å². The Kier molecular flexibility index (Phi) is 13.0. The number of hydrogen-bond acceptors (Lipinski definition) is 2. The van der Waals surface area contributed by atoms with Crippen LogP contribution in [0.2, 0.25) is 0 Å². The van der Waals surface area contributed by atoms with Crippen LogP contribution in [0.15, 0.2) is 17.6 Å². The summed E-state index contributed by atoms with van der Waals surface area (Å²) in [4.78, 5) is 9.14. The molecule has 1 saturated heterocycles. The first-order chi connectivity index (χ1) is 10.2. The number of rotatable bonds is 8.